The summed E-state index contributed by atoms with van der Waals surface area (Å²) < 4.78 is 7.38. The third-order valence-electron chi connectivity index (χ3n) is 3.49. The summed E-state index contributed by atoms with van der Waals surface area (Å²) in [7, 11) is 3.57. The minimum absolute atomic E-state index is 0.221. The molecule has 1 aromatic carbocycles. The number of nitrogens with two attached hydrogens (primary N) is 1. The predicted molar refractivity (Wildman–Crippen MR) is 81.2 cm³/mol. The number of ether oxygens (including phenoxy) is 1. The van der Waals surface area contributed by atoms with Crippen molar-refractivity contribution in [3.63, 3.8) is 0 Å². The zero-order chi connectivity index (χ0) is 15.0. The number of carbonyl (C=O) groups excluding carboxylic acids is 1. The summed E-state index contributed by atoms with van der Waals surface area (Å²) in [5.41, 5.74) is 8.14. The van der Waals surface area contributed by atoms with E-state index in [0.717, 1.165) is 16.5 Å². The van der Waals surface area contributed by atoms with Crippen molar-refractivity contribution in [3.8, 4) is 17.0 Å². The van der Waals surface area contributed by atoms with E-state index >= 15 is 0 Å². The number of hydrogen-bond acceptors (Lipinski definition) is 3. The zero-order valence-electron chi connectivity index (χ0n) is 11.8. The standard InChI is InChI=1S/C16H15N3O2/c1-19-8-7-10-9-11(3-5-13(10)19)15-14(21-2)6-4-12(18-15)16(17)20/h3-9H,1-2H3,(H2,17,20). The first-order chi connectivity index (χ1) is 10.1. The number of aryl methyl sites for hydroxylation is 1. The molecule has 0 bridgehead atoms. The van der Waals surface area contributed by atoms with Crippen LogP contribution in [0.2, 0.25) is 0 Å². The number of benzene rings is 1. The Morgan fingerprint density at radius 3 is 2.76 bits per heavy atom. The molecule has 2 N–H and O–H groups in total. The molecule has 2 aromatic heterocycles. The number of methoxy groups -OCH3 is 1. The first-order valence-corrected chi connectivity index (χ1v) is 6.50. The highest BCUT2D eigenvalue weighted by Gasteiger charge is 2.12. The van der Waals surface area contributed by atoms with Crippen LogP contribution >= 0.6 is 0 Å². The number of nitrogens with zero attached hydrogens (tertiary/aromatic N) is 2. The van der Waals surface area contributed by atoms with Gasteiger partial charge in [0.1, 0.15) is 17.1 Å². The van der Waals surface area contributed by atoms with Gasteiger partial charge in [0, 0.05) is 29.7 Å². The number of carbonyl (C=O) groups is 1. The van der Waals surface area contributed by atoms with Crippen molar-refractivity contribution >= 4 is 16.8 Å². The summed E-state index contributed by atoms with van der Waals surface area (Å²) in [6.45, 7) is 0. The molecule has 2 heterocycles. The van der Waals surface area contributed by atoms with E-state index in [1.165, 1.54) is 0 Å². The summed E-state index contributed by atoms with van der Waals surface area (Å²) in [6.07, 6.45) is 2.00. The molecule has 5 nitrogen and oxygen atoms in total. The van der Waals surface area contributed by atoms with Crippen molar-refractivity contribution in [2.45, 2.75) is 0 Å². The number of amides is 1. The Labute approximate surface area is 122 Å². The highest BCUT2D eigenvalue weighted by molar-refractivity contribution is 5.92. The Morgan fingerprint density at radius 1 is 1.24 bits per heavy atom. The fourth-order valence-corrected chi connectivity index (χ4v) is 2.38. The van der Waals surface area contributed by atoms with Crippen LogP contribution in [-0.2, 0) is 7.05 Å². The average Bonchev–Trinajstić information content (AvgIpc) is 2.87. The molecule has 0 atom stereocenters. The van der Waals surface area contributed by atoms with E-state index in [1.807, 2.05) is 42.1 Å². The number of primary amides is 1. The van der Waals surface area contributed by atoms with Crippen LogP contribution in [0.4, 0.5) is 0 Å². The Bertz CT molecular complexity index is 837. The third-order valence-corrected chi connectivity index (χ3v) is 3.49. The zero-order valence-corrected chi connectivity index (χ0v) is 11.8. The lowest BCUT2D eigenvalue weighted by atomic mass is 10.1. The van der Waals surface area contributed by atoms with Crippen LogP contribution in [0.1, 0.15) is 10.5 Å². The van der Waals surface area contributed by atoms with Crippen molar-refractivity contribution in [2.24, 2.45) is 12.8 Å². The van der Waals surface area contributed by atoms with Gasteiger partial charge < -0.3 is 15.0 Å². The molecular formula is C16H15N3O2. The number of fused-ring (bicyclic) bond motifs is 1. The number of pyridine rings is 1. The molecule has 3 rings (SSSR count). The van der Waals surface area contributed by atoms with E-state index in [9.17, 15) is 4.79 Å². The Morgan fingerprint density at radius 2 is 2.05 bits per heavy atom. The fourth-order valence-electron chi connectivity index (χ4n) is 2.38. The lowest BCUT2D eigenvalue weighted by Crippen LogP contribution is -2.13. The molecule has 0 saturated heterocycles. The van der Waals surface area contributed by atoms with Gasteiger partial charge in [0.2, 0.25) is 0 Å². The van der Waals surface area contributed by atoms with E-state index < -0.39 is 5.91 Å². The van der Waals surface area contributed by atoms with E-state index in [-0.39, 0.29) is 5.69 Å². The van der Waals surface area contributed by atoms with Gasteiger partial charge in [-0.1, -0.05) is 6.07 Å². The molecular weight excluding hydrogens is 266 g/mol. The van der Waals surface area contributed by atoms with Crippen molar-refractivity contribution in [2.75, 3.05) is 7.11 Å². The van der Waals surface area contributed by atoms with Gasteiger partial charge in [-0.25, -0.2) is 4.98 Å². The van der Waals surface area contributed by atoms with E-state index in [1.54, 1.807) is 19.2 Å². The van der Waals surface area contributed by atoms with Crippen molar-refractivity contribution in [1.29, 1.82) is 0 Å². The predicted octanol–water partition coefficient (Wildman–Crippen LogP) is 2.35. The van der Waals surface area contributed by atoms with Crippen molar-refractivity contribution in [3.05, 3.63) is 48.3 Å². The molecule has 0 fully saturated rings. The van der Waals surface area contributed by atoms with Gasteiger partial charge in [0.05, 0.1) is 7.11 Å². The first-order valence-electron chi connectivity index (χ1n) is 6.50. The lowest BCUT2D eigenvalue weighted by Gasteiger charge is -2.09. The number of rotatable bonds is 3. The van der Waals surface area contributed by atoms with Crippen LogP contribution in [0.15, 0.2) is 42.6 Å². The molecule has 0 aliphatic heterocycles. The summed E-state index contributed by atoms with van der Waals surface area (Å²) in [5.74, 6) is 0.0509. The molecule has 0 aliphatic carbocycles. The topological polar surface area (TPSA) is 70.1 Å². The van der Waals surface area contributed by atoms with Gasteiger partial charge >= 0.3 is 0 Å². The monoisotopic (exact) mass is 281 g/mol. The largest absolute Gasteiger partial charge is 0.494 e. The molecule has 106 valence electrons. The smallest absolute Gasteiger partial charge is 0.267 e. The number of aromatic nitrogens is 2. The van der Waals surface area contributed by atoms with E-state index in [0.29, 0.717) is 11.4 Å². The summed E-state index contributed by atoms with van der Waals surface area (Å²) >= 11 is 0. The third kappa shape index (κ3) is 2.23. The maximum Gasteiger partial charge on any atom is 0.267 e. The Kier molecular flexibility index (Phi) is 3.10. The van der Waals surface area contributed by atoms with Crippen molar-refractivity contribution in [1.82, 2.24) is 9.55 Å². The second-order valence-corrected chi connectivity index (χ2v) is 4.81. The van der Waals surface area contributed by atoms with Gasteiger partial charge in [-0.05, 0) is 30.3 Å². The van der Waals surface area contributed by atoms with Crippen LogP contribution in [0.3, 0.4) is 0 Å². The van der Waals surface area contributed by atoms with Gasteiger partial charge in [0.25, 0.3) is 5.91 Å². The molecule has 0 radical (unpaired) electrons. The lowest BCUT2D eigenvalue weighted by molar-refractivity contribution is 0.0995. The van der Waals surface area contributed by atoms with Crippen LogP contribution in [-0.4, -0.2) is 22.6 Å². The minimum atomic E-state index is -0.556. The number of hydrogen-bond donors (Lipinski definition) is 1. The highest BCUT2D eigenvalue weighted by atomic mass is 16.5. The van der Waals surface area contributed by atoms with E-state index in [4.69, 9.17) is 10.5 Å². The molecule has 21 heavy (non-hydrogen) atoms. The quantitative estimate of drug-likeness (QED) is 0.801. The van der Waals surface area contributed by atoms with Gasteiger partial charge in [-0.3, -0.25) is 4.79 Å². The second-order valence-electron chi connectivity index (χ2n) is 4.81. The SMILES string of the molecule is COc1ccc(C(N)=O)nc1-c1ccc2c(ccn2C)c1. The van der Waals surface area contributed by atoms with Crippen LogP contribution < -0.4 is 10.5 Å². The van der Waals surface area contributed by atoms with Gasteiger partial charge in [0.15, 0.2) is 0 Å². The summed E-state index contributed by atoms with van der Waals surface area (Å²) in [6, 6.07) is 11.3. The molecule has 1 amide bonds. The molecule has 0 spiro atoms. The molecule has 0 saturated carbocycles. The van der Waals surface area contributed by atoms with E-state index in [2.05, 4.69) is 4.98 Å². The van der Waals surface area contributed by atoms with Crippen LogP contribution in [0, 0.1) is 0 Å². The minimum Gasteiger partial charge on any atom is -0.494 e. The average molecular weight is 281 g/mol. The van der Waals surface area contributed by atoms with Gasteiger partial charge in [-0.2, -0.15) is 0 Å². The molecule has 3 aromatic rings. The first kappa shape index (κ1) is 13.2. The molecule has 0 aliphatic rings. The fraction of sp³-hybridized carbons (Fsp3) is 0.125. The molecule has 5 heteroatoms. The summed E-state index contributed by atoms with van der Waals surface area (Å²) in [4.78, 5) is 15.6. The second kappa shape index (κ2) is 4.94. The van der Waals surface area contributed by atoms with Crippen LogP contribution in [0.25, 0.3) is 22.2 Å². The molecule has 0 unspecified atom stereocenters. The normalized spacial score (nSPS) is 10.8. The maximum atomic E-state index is 11.3. The Hall–Kier alpha value is -2.82. The maximum absolute atomic E-state index is 11.3. The highest BCUT2D eigenvalue weighted by Crippen LogP contribution is 2.30. The Balaban J connectivity index is 2.20. The van der Waals surface area contributed by atoms with Crippen molar-refractivity contribution < 1.29 is 9.53 Å². The summed E-state index contributed by atoms with van der Waals surface area (Å²) in [5, 5.41) is 1.10. The van der Waals surface area contributed by atoms with Crippen LogP contribution in [0.5, 0.6) is 5.75 Å². The van der Waals surface area contributed by atoms with Gasteiger partial charge in [-0.15, -0.1) is 0 Å².